The first kappa shape index (κ1) is 13.3. The maximum atomic E-state index is 6.00. The minimum Gasteiger partial charge on any atom is -0.497 e. The second-order valence-electron chi connectivity index (χ2n) is 4.84. The second-order valence-corrected chi connectivity index (χ2v) is 4.84. The standard InChI is InChI=1S/C18H17NO2/c1-20-14-6-4-5-13(11-14)12-21-18-10-9-17(19)15-7-2-3-8-16(15)18/h2-11H,12,19H2,1H3. The number of nitrogens with two attached hydrogens (primary N) is 1. The zero-order chi connectivity index (χ0) is 14.7. The highest BCUT2D eigenvalue weighted by molar-refractivity contribution is 5.96. The van der Waals surface area contributed by atoms with Crippen LogP contribution in [0, 0.1) is 0 Å². The summed E-state index contributed by atoms with van der Waals surface area (Å²) < 4.78 is 11.2. The highest BCUT2D eigenvalue weighted by Crippen LogP contribution is 2.30. The number of fused-ring (bicyclic) bond motifs is 1. The van der Waals surface area contributed by atoms with Gasteiger partial charge < -0.3 is 15.2 Å². The van der Waals surface area contributed by atoms with Crippen molar-refractivity contribution in [2.75, 3.05) is 12.8 Å². The molecule has 0 aliphatic carbocycles. The maximum absolute atomic E-state index is 6.00. The van der Waals surface area contributed by atoms with Crippen molar-refractivity contribution in [2.24, 2.45) is 0 Å². The van der Waals surface area contributed by atoms with Gasteiger partial charge in [-0.3, -0.25) is 0 Å². The fraction of sp³-hybridized carbons (Fsp3) is 0.111. The van der Waals surface area contributed by atoms with E-state index in [-0.39, 0.29) is 0 Å². The van der Waals surface area contributed by atoms with Gasteiger partial charge in [-0.2, -0.15) is 0 Å². The highest BCUT2D eigenvalue weighted by atomic mass is 16.5. The summed E-state index contributed by atoms with van der Waals surface area (Å²) in [5.41, 5.74) is 7.83. The van der Waals surface area contributed by atoms with E-state index in [0.717, 1.165) is 33.5 Å². The van der Waals surface area contributed by atoms with Crippen molar-refractivity contribution >= 4 is 16.5 Å². The molecule has 0 amide bonds. The summed E-state index contributed by atoms with van der Waals surface area (Å²) in [7, 11) is 1.66. The topological polar surface area (TPSA) is 44.5 Å². The van der Waals surface area contributed by atoms with Crippen molar-refractivity contribution in [1.29, 1.82) is 0 Å². The van der Waals surface area contributed by atoms with Gasteiger partial charge in [0.15, 0.2) is 0 Å². The molecule has 0 atom stereocenters. The summed E-state index contributed by atoms with van der Waals surface area (Å²) in [4.78, 5) is 0. The van der Waals surface area contributed by atoms with E-state index in [0.29, 0.717) is 6.61 Å². The van der Waals surface area contributed by atoms with E-state index >= 15 is 0 Å². The van der Waals surface area contributed by atoms with Crippen LogP contribution in [0.4, 0.5) is 5.69 Å². The molecule has 0 saturated heterocycles. The molecular weight excluding hydrogens is 262 g/mol. The van der Waals surface area contributed by atoms with Crippen molar-refractivity contribution in [2.45, 2.75) is 6.61 Å². The summed E-state index contributed by atoms with van der Waals surface area (Å²) in [5.74, 6) is 1.67. The number of anilines is 1. The van der Waals surface area contributed by atoms with Crippen molar-refractivity contribution in [3.05, 3.63) is 66.2 Å². The van der Waals surface area contributed by atoms with Crippen molar-refractivity contribution in [1.82, 2.24) is 0 Å². The minimum absolute atomic E-state index is 0.491. The Morgan fingerprint density at radius 2 is 1.71 bits per heavy atom. The van der Waals surface area contributed by atoms with Gasteiger partial charge in [-0.1, -0.05) is 36.4 Å². The zero-order valence-corrected chi connectivity index (χ0v) is 11.9. The molecule has 0 bridgehead atoms. The Bertz CT molecular complexity index is 768. The molecule has 3 aromatic rings. The average Bonchev–Trinajstić information content (AvgIpc) is 2.55. The van der Waals surface area contributed by atoms with Gasteiger partial charge in [-0.15, -0.1) is 0 Å². The molecule has 0 saturated carbocycles. The van der Waals surface area contributed by atoms with Crippen LogP contribution in [0.2, 0.25) is 0 Å². The number of nitrogen functional groups attached to an aromatic ring is 1. The molecule has 0 aliphatic rings. The predicted molar refractivity (Wildman–Crippen MR) is 85.7 cm³/mol. The number of benzene rings is 3. The Hall–Kier alpha value is -2.68. The molecule has 3 nitrogen and oxygen atoms in total. The van der Waals surface area contributed by atoms with E-state index in [1.165, 1.54) is 0 Å². The molecule has 3 heteroatoms. The number of hydrogen-bond donors (Lipinski definition) is 1. The van der Waals surface area contributed by atoms with Crippen LogP contribution in [0.5, 0.6) is 11.5 Å². The summed E-state index contributed by atoms with van der Waals surface area (Å²) in [6.07, 6.45) is 0. The van der Waals surface area contributed by atoms with Crippen molar-refractivity contribution < 1.29 is 9.47 Å². The minimum atomic E-state index is 0.491. The Morgan fingerprint density at radius 3 is 2.52 bits per heavy atom. The smallest absolute Gasteiger partial charge is 0.127 e. The monoisotopic (exact) mass is 279 g/mol. The molecule has 3 rings (SSSR count). The van der Waals surface area contributed by atoms with E-state index in [1.54, 1.807) is 7.11 Å². The van der Waals surface area contributed by atoms with Crippen LogP contribution in [0.25, 0.3) is 10.8 Å². The second kappa shape index (κ2) is 5.75. The molecule has 3 aromatic carbocycles. The Morgan fingerprint density at radius 1 is 0.905 bits per heavy atom. The van der Waals surface area contributed by atoms with Gasteiger partial charge in [-0.25, -0.2) is 0 Å². The number of ether oxygens (including phenoxy) is 2. The highest BCUT2D eigenvalue weighted by Gasteiger charge is 2.05. The molecule has 0 fully saturated rings. The van der Waals surface area contributed by atoms with E-state index in [1.807, 2.05) is 60.7 Å². The van der Waals surface area contributed by atoms with Gasteiger partial charge in [0.2, 0.25) is 0 Å². The van der Waals surface area contributed by atoms with Gasteiger partial charge in [0.05, 0.1) is 7.11 Å². The van der Waals surface area contributed by atoms with Crippen LogP contribution in [0.1, 0.15) is 5.56 Å². The quantitative estimate of drug-likeness (QED) is 0.734. The largest absolute Gasteiger partial charge is 0.497 e. The van der Waals surface area contributed by atoms with E-state index < -0.39 is 0 Å². The van der Waals surface area contributed by atoms with Gasteiger partial charge in [0, 0.05) is 16.5 Å². The Kier molecular flexibility index (Phi) is 3.65. The summed E-state index contributed by atoms with van der Waals surface area (Å²) >= 11 is 0. The van der Waals surface area contributed by atoms with E-state index in [4.69, 9.17) is 15.2 Å². The molecule has 0 spiro atoms. The summed E-state index contributed by atoms with van der Waals surface area (Å²) in [6, 6.07) is 19.6. The lowest BCUT2D eigenvalue weighted by Crippen LogP contribution is -1.97. The molecule has 0 radical (unpaired) electrons. The lowest BCUT2D eigenvalue weighted by Gasteiger charge is -2.11. The number of hydrogen-bond acceptors (Lipinski definition) is 3. The Labute approximate surface area is 123 Å². The van der Waals surface area contributed by atoms with E-state index in [9.17, 15) is 0 Å². The van der Waals surface area contributed by atoms with Gasteiger partial charge >= 0.3 is 0 Å². The lowest BCUT2D eigenvalue weighted by atomic mass is 10.1. The molecule has 0 aromatic heterocycles. The summed E-state index contributed by atoms with van der Waals surface area (Å²) in [5, 5.41) is 2.04. The van der Waals surface area contributed by atoms with Crippen LogP contribution in [-0.2, 0) is 6.61 Å². The first-order valence-electron chi connectivity index (χ1n) is 6.81. The molecule has 21 heavy (non-hydrogen) atoms. The SMILES string of the molecule is COc1cccc(COc2ccc(N)c3ccccc23)c1. The number of rotatable bonds is 4. The van der Waals surface area contributed by atoms with Crippen molar-refractivity contribution in [3.8, 4) is 11.5 Å². The van der Waals surface area contributed by atoms with Gasteiger partial charge in [0.25, 0.3) is 0 Å². The average molecular weight is 279 g/mol. The predicted octanol–water partition coefficient (Wildman–Crippen LogP) is 4.01. The molecule has 0 aliphatic heterocycles. The van der Waals surface area contributed by atoms with Crippen LogP contribution in [-0.4, -0.2) is 7.11 Å². The normalized spacial score (nSPS) is 10.5. The van der Waals surface area contributed by atoms with Crippen LogP contribution in [0.15, 0.2) is 60.7 Å². The van der Waals surface area contributed by atoms with E-state index in [2.05, 4.69) is 0 Å². The van der Waals surface area contributed by atoms with Crippen molar-refractivity contribution in [3.63, 3.8) is 0 Å². The first-order chi connectivity index (χ1) is 10.3. The Balaban J connectivity index is 1.87. The summed E-state index contributed by atoms with van der Waals surface area (Å²) in [6.45, 7) is 0.491. The molecule has 2 N–H and O–H groups in total. The molecule has 0 heterocycles. The third-order valence-corrected chi connectivity index (χ3v) is 3.45. The maximum Gasteiger partial charge on any atom is 0.127 e. The fourth-order valence-electron chi connectivity index (χ4n) is 2.34. The third kappa shape index (κ3) is 2.77. The fourth-order valence-corrected chi connectivity index (χ4v) is 2.34. The lowest BCUT2D eigenvalue weighted by molar-refractivity contribution is 0.309. The molecule has 0 unspecified atom stereocenters. The third-order valence-electron chi connectivity index (χ3n) is 3.45. The first-order valence-corrected chi connectivity index (χ1v) is 6.81. The zero-order valence-electron chi connectivity index (χ0n) is 11.9. The number of methoxy groups -OCH3 is 1. The van der Waals surface area contributed by atoms with Gasteiger partial charge in [-0.05, 0) is 29.8 Å². The van der Waals surface area contributed by atoms with Crippen LogP contribution < -0.4 is 15.2 Å². The molecule has 106 valence electrons. The van der Waals surface area contributed by atoms with Crippen LogP contribution in [0.3, 0.4) is 0 Å². The van der Waals surface area contributed by atoms with Crippen LogP contribution >= 0.6 is 0 Å². The van der Waals surface area contributed by atoms with Gasteiger partial charge in [0.1, 0.15) is 18.1 Å². The molecular formula is C18H17NO2.